The fourth-order valence-electron chi connectivity index (χ4n) is 2.68. The van der Waals surface area contributed by atoms with Crippen LogP contribution >= 0.6 is 0 Å². The molecule has 0 radical (unpaired) electrons. The minimum atomic E-state index is -3.44. The van der Waals surface area contributed by atoms with Gasteiger partial charge in [-0.05, 0) is 35.7 Å². The van der Waals surface area contributed by atoms with Crippen molar-refractivity contribution in [3.63, 3.8) is 0 Å². The van der Waals surface area contributed by atoms with Crippen LogP contribution in [0.3, 0.4) is 0 Å². The van der Waals surface area contributed by atoms with Crippen molar-refractivity contribution in [3.05, 3.63) is 53.1 Å². The summed E-state index contributed by atoms with van der Waals surface area (Å²) in [6.45, 7) is 1.77. The van der Waals surface area contributed by atoms with Crippen LogP contribution in [0, 0.1) is 6.92 Å². The normalized spacial score (nSPS) is 15.0. The lowest BCUT2D eigenvalue weighted by molar-refractivity contribution is 0.0599. The summed E-state index contributed by atoms with van der Waals surface area (Å²) >= 11 is 0. The van der Waals surface area contributed by atoms with Crippen LogP contribution in [0.1, 0.15) is 21.5 Å². The summed E-state index contributed by atoms with van der Waals surface area (Å²) in [5, 5.41) is 0. The second-order valence-corrected chi connectivity index (χ2v) is 7.03. The van der Waals surface area contributed by atoms with E-state index in [1.54, 1.807) is 13.0 Å². The van der Waals surface area contributed by atoms with Gasteiger partial charge in [0.05, 0.1) is 23.3 Å². The summed E-state index contributed by atoms with van der Waals surface area (Å²) in [7, 11) is -2.16. The summed E-state index contributed by atoms with van der Waals surface area (Å²) in [5.74, 6) is -0.566. The number of carbonyl (C=O) groups excluding carboxylic acids is 1. The molecule has 0 bridgehead atoms. The molecule has 4 nitrogen and oxygen atoms in total. The zero-order chi connectivity index (χ0) is 15.2. The van der Waals surface area contributed by atoms with Crippen LogP contribution in [0.2, 0.25) is 0 Å². The van der Waals surface area contributed by atoms with E-state index in [-0.39, 0.29) is 10.6 Å². The molecular weight excluding hydrogens is 288 g/mol. The quantitative estimate of drug-likeness (QED) is 0.760. The summed E-state index contributed by atoms with van der Waals surface area (Å²) in [4.78, 5) is 12.0. The standard InChI is InChI=1S/C16H14O4S/c1-10-7-14-12-6-4-3-5-11(12)9-21(18,19)15(14)8-13(10)16(17)20-2/h3-8H,9H2,1-2H3. The number of carbonyl (C=O) groups is 1. The van der Waals surface area contributed by atoms with Gasteiger partial charge in [-0.15, -0.1) is 0 Å². The number of methoxy groups -OCH3 is 1. The van der Waals surface area contributed by atoms with Gasteiger partial charge < -0.3 is 4.74 Å². The average Bonchev–Trinajstić information content (AvgIpc) is 2.45. The second-order valence-electron chi connectivity index (χ2n) is 5.07. The number of aryl methyl sites for hydroxylation is 1. The smallest absolute Gasteiger partial charge is 0.338 e. The van der Waals surface area contributed by atoms with Crippen molar-refractivity contribution in [2.75, 3.05) is 7.11 Å². The molecule has 0 fully saturated rings. The molecule has 2 aromatic rings. The van der Waals surface area contributed by atoms with Gasteiger partial charge in [-0.2, -0.15) is 0 Å². The largest absolute Gasteiger partial charge is 0.465 e. The highest BCUT2D eigenvalue weighted by atomic mass is 32.2. The van der Waals surface area contributed by atoms with Gasteiger partial charge in [-0.25, -0.2) is 13.2 Å². The van der Waals surface area contributed by atoms with Gasteiger partial charge in [0.1, 0.15) is 0 Å². The Morgan fingerprint density at radius 3 is 2.57 bits per heavy atom. The van der Waals surface area contributed by atoms with Crippen LogP contribution in [-0.4, -0.2) is 21.5 Å². The molecule has 0 atom stereocenters. The third-order valence-corrected chi connectivity index (χ3v) is 5.42. The van der Waals surface area contributed by atoms with Crippen molar-refractivity contribution < 1.29 is 17.9 Å². The summed E-state index contributed by atoms with van der Waals surface area (Å²) in [5.41, 5.74) is 3.34. The molecule has 108 valence electrons. The highest BCUT2D eigenvalue weighted by molar-refractivity contribution is 7.90. The van der Waals surface area contributed by atoms with E-state index in [4.69, 9.17) is 4.74 Å². The zero-order valence-corrected chi connectivity index (χ0v) is 12.5. The summed E-state index contributed by atoms with van der Waals surface area (Å²) in [6, 6.07) is 10.6. The molecular formula is C16H14O4S. The van der Waals surface area contributed by atoms with E-state index in [1.807, 2.05) is 24.3 Å². The Kier molecular flexibility index (Phi) is 3.10. The predicted octanol–water partition coefficient (Wildman–Crippen LogP) is 2.74. The molecule has 0 aliphatic carbocycles. The third kappa shape index (κ3) is 2.14. The number of esters is 1. The average molecular weight is 302 g/mol. The number of fused-ring (bicyclic) bond motifs is 3. The van der Waals surface area contributed by atoms with E-state index in [9.17, 15) is 13.2 Å². The number of ether oxygens (including phenoxy) is 1. The van der Waals surface area contributed by atoms with Gasteiger partial charge in [-0.1, -0.05) is 24.3 Å². The van der Waals surface area contributed by atoms with Crippen LogP contribution < -0.4 is 0 Å². The first-order valence-corrected chi connectivity index (χ1v) is 8.13. The lowest BCUT2D eigenvalue weighted by atomic mass is 9.96. The zero-order valence-electron chi connectivity index (χ0n) is 11.7. The summed E-state index contributed by atoms with van der Waals surface area (Å²) < 4.78 is 29.6. The molecule has 0 N–H and O–H groups in total. The Labute approximate surface area is 123 Å². The van der Waals surface area contributed by atoms with E-state index < -0.39 is 15.8 Å². The Balaban J connectivity index is 2.35. The summed E-state index contributed by atoms with van der Waals surface area (Å²) in [6.07, 6.45) is 0. The van der Waals surface area contributed by atoms with Crippen molar-refractivity contribution in [2.24, 2.45) is 0 Å². The number of hydrogen-bond donors (Lipinski definition) is 0. The van der Waals surface area contributed by atoms with Gasteiger partial charge in [0.15, 0.2) is 9.84 Å². The van der Waals surface area contributed by atoms with Gasteiger partial charge in [0.2, 0.25) is 0 Å². The molecule has 0 spiro atoms. The molecule has 0 unspecified atom stereocenters. The Hall–Kier alpha value is -2.14. The Morgan fingerprint density at radius 1 is 1.14 bits per heavy atom. The van der Waals surface area contributed by atoms with E-state index in [0.29, 0.717) is 16.7 Å². The van der Waals surface area contributed by atoms with Crippen molar-refractivity contribution in [1.29, 1.82) is 0 Å². The lowest BCUT2D eigenvalue weighted by Crippen LogP contribution is -2.15. The van der Waals surface area contributed by atoms with Crippen LogP contribution in [0.4, 0.5) is 0 Å². The molecule has 0 amide bonds. The van der Waals surface area contributed by atoms with Crippen molar-refractivity contribution in [1.82, 2.24) is 0 Å². The second kappa shape index (κ2) is 4.70. The van der Waals surface area contributed by atoms with E-state index in [1.165, 1.54) is 13.2 Å². The maximum atomic E-state index is 12.5. The SMILES string of the molecule is COC(=O)c1cc2c(cc1C)-c1ccccc1CS2(=O)=O. The minimum Gasteiger partial charge on any atom is -0.465 e. The van der Waals surface area contributed by atoms with Gasteiger partial charge in [0.25, 0.3) is 0 Å². The molecule has 2 aromatic carbocycles. The van der Waals surface area contributed by atoms with Crippen molar-refractivity contribution in [3.8, 4) is 11.1 Å². The number of benzene rings is 2. The maximum Gasteiger partial charge on any atom is 0.338 e. The van der Waals surface area contributed by atoms with Gasteiger partial charge in [-0.3, -0.25) is 0 Å². The number of hydrogen-bond acceptors (Lipinski definition) is 4. The van der Waals surface area contributed by atoms with Gasteiger partial charge in [0, 0.05) is 5.56 Å². The van der Waals surface area contributed by atoms with E-state index >= 15 is 0 Å². The molecule has 1 aliphatic rings. The maximum absolute atomic E-state index is 12.5. The third-order valence-electron chi connectivity index (χ3n) is 3.72. The molecule has 1 heterocycles. The molecule has 5 heteroatoms. The highest BCUT2D eigenvalue weighted by Gasteiger charge is 2.29. The molecule has 0 saturated heterocycles. The minimum absolute atomic E-state index is 0.0418. The number of sulfone groups is 1. The van der Waals surface area contributed by atoms with E-state index in [2.05, 4.69) is 0 Å². The fraction of sp³-hybridized carbons (Fsp3) is 0.188. The molecule has 1 aliphatic heterocycles. The van der Waals surface area contributed by atoms with Crippen LogP contribution in [0.5, 0.6) is 0 Å². The lowest BCUT2D eigenvalue weighted by Gasteiger charge is -2.21. The molecule has 0 aromatic heterocycles. The molecule has 0 saturated carbocycles. The molecule has 21 heavy (non-hydrogen) atoms. The van der Waals surface area contributed by atoms with E-state index in [0.717, 1.165) is 11.1 Å². The van der Waals surface area contributed by atoms with Crippen molar-refractivity contribution in [2.45, 2.75) is 17.6 Å². The fourth-order valence-corrected chi connectivity index (χ4v) is 4.30. The van der Waals surface area contributed by atoms with Crippen LogP contribution in [-0.2, 0) is 20.3 Å². The molecule has 3 rings (SSSR count). The van der Waals surface area contributed by atoms with Crippen LogP contribution in [0.25, 0.3) is 11.1 Å². The first-order chi connectivity index (χ1) is 9.94. The Morgan fingerprint density at radius 2 is 1.86 bits per heavy atom. The van der Waals surface area contributed by atoms with Crippen LogP contribution in [0.15, 0.2) is 41.3 Å². The van der Waals surface area contributed by atoms with Crippen molar-refractivity contribution >= 4 is 15.8 Å². The van der Waals surface area contributed by atoms with Gasteiger partial charge >= 0.3 is 5.97 Å². The highest BCUT2D eigenvalue weighted by Crippen LogP contribution is 2.39. The Bertz CT molecular complexity index is 851. The predicted molar refractivity (Wildman–Crippen MR) is 78.8 cm³/mol. The number of rotatable bonds is 1. The topological polar surface area (TPSA) is 60.4 Å². The first-order valence-electron chi connectivity index (χ1n) is 6.48. The monoisotopic (exact) mass is 302 g/mol. The first kappa shape index (κ1) is 13.8.